The number of amides is 4. The van der Waals surface area contributed by atoms with Gasteiger partial charge in [-0.15, -0.1) is 0 Å². The third-order valence-corrected chi connectivity index (χ3v) is 4.38. The lowest BCUT2D eigenvalue weighted by Crippen LogP contribution is -2.54. The van der Waals surface area contributed by atoms with E-state index in [0.717, 1.165) is 4.90 Å². The second-order valence-electron chi connectivity index (χ2n) is 6.17. The number of hydrogen-bond acceptors (Lipinski definition) is 5. The molecule has 0 radical (unpaired) electrons. The highest BCUT2D eigenvalue weighted by Gasteiger charge is 2.38. The molecule has 1 saturated heterocycles. The molecule has 1 aromatic carbocycles. The number of imide groups is 2. The molecule has 0 bridgehead atoms. The summed E-state index contributed by atoms with van der Waals surface area (Å²) < 4.78 is 13.0. The highest BCUT2D eigenvalue weighted by Crippen LogP contribution is 2.34. The summed E-state index contributed by atoms with van der Waals surface area (Å²) in [6, 6.07) is 7.61. The van der Waals surface area contributed by atoms with E-state index in [0.29, 0.717) is 37.0 Å². The fourth-order valence-electron chi connectivity index (χ4n) is 3.08. The Morgan fingerprint density at radius 1 is 1.03 bits per heavy atom. The molecular formula is C21H23N3O5. The Morgan fingerprint density at radius 3 is 2.48 bits per heavy atom. The van der Waals surface area contributed by atoms with Crippen LogP contribution < -0.4 is 19.7 Å². The Balaban J connectivity index is 2.04. The number of aromatic nitrogens is 1. The molecule has 29 heavy (non-hydrogen) atoms. The van der Waals surface area contributed by atoms with Crippen LogP contribution in [0.15, 0.2) is 42.1 Å². The molecule has 2 heterocycles. The summed E-state index contributed by atoms with van der Waals surface area (Å²) in [6.07, 6.45) is 3.33. The monoisotopic (exact) mass is 397 g/mol. The van der Waals surface area contributed by atoms with Gasteiger partial charge in [-0.2, -0.15) is 0 Å². The average molecular weight is 397 g/mol. The first-order valence-electron chi connectivity index (χ1n) is 9.46. The van der Waals surface area contributed by atoms with Crippen LogP contribution in [0.25, 0.3) is 6.08 Å². The van der Waals surface area contributed by atoms with Crippen molar-refractivity contribution < 1.29 is 23.9 Å². The Kier molecular flexibility index (Phi) is 6.01. The number of nitrogens with zero attached hydrogens (tertiary/aromatic N) is 2. The lowest BCUT2D eigenvalue weighted by molar-refractivity contribution is -0.122. The van der Waals surface area contributed by atoms with Gasteiger partial charge in [0, 0.05) is 24.5 Å². The van der Waals surface area contributed by atoms with Crippen LogP contribution in [0.3, 0.4) is 0 Å². The molecule has 3 rings (SSSR count). The van der Waals surface area contributed by atoms with Crippen LogP contribution in [0.5, 0.6) is 11.5 Å². The van der Waals surface area contributed by atoms with Crippen LogP contribution in [0.1, 0.15) is 26.5 Å². The lowest BCUT2D eigenvalue weighted by atomic mass is 10.1. The number of nitrogens with one attached hydrogen (secondary N) is 1. The summed E-state index contributed by atoms with van der Waals surface area (Å²) in [7, 11) is 0. The molecule has 1 aliphatic rings. The van der Waals surface area contributed by atoms with Gasteiger partial charge in [-0.05, 0) is 51.1 Å². The zero-order valence-corrected chi connectivity index (χ0v) is 16.6. The number of rotatable bonds is 7. The van der Waals surface area contributed by atoms with E-state index in [9.17, 15) is 14.4 Å². The Hall–Kier alpha value is -3.55. The number of carbonyl (C=O) groups excluding carboxylic acids is 3. The van der Waals surface area contributed by atoms with Gasteiger partial charge in [0.15, 0.2) is 0 Å². The summed E-state index contributed by atoms with van der Waals surface area (Å²) >= 11 is 0. The average Bonchev–Trinajstić information content (AvgIpc) is 3.14. The third kappa shape index (κ3) is 4.01. The molecule has 1 aliphatic heterocycles. The van der Waals surface area contributed by atoms with E-state index in [1.165, 1.54) is 6.08 Å². The number of hydrogen-bond donors (Lipinski definition) is 1. The maximum Gasteiger partial charge on any atom is 0.336 e. The zero-order valence-electron chi connectivity index (χ0n) is 16.6. The second kappa shape index (κ2) is 8.64. The van der Waals surface area contributed by atoms with Crippen LogP contribution in [0, 0.1) is 0 Å². The first-order chi connectivity index (χ1) is 14.0. The van der Waals surface area contributed by atoms with Gasteiger partial charge in [-0.3, -0.25) is 14.9 Å². The minimum absolute atomic E-state index is 0.130. The second-order valence-corrected chi connectivity index (χ2v) is 6.17. The van der Waals surface area contributed by atoms with E-state index >= 15 is 0 Å². The van der Waals surface area contributed by atoms with Crippen LogP contribution in [-0.4, -0.2) is 35.6 Å². The largest absolute Gasteiger partial charge is 0.494 e. The molecule has 8 nitrogen and oxygen atoms in total. The molecule has 152 valence electrons. The zero-order chi connectivity index (χ0) is 21.0. The molecule has 2 aromatic rings. The van der Waals surface area contributed by atoms with E-state index in [1.54, 1.807) is 31.2 Å². The quantitative estimate of drug-likeness (QED) is 0.573. The van der Waals surface area contributed by atoms with Gasteiger partial charge >= 0.3 is 6.03 Å². The predicted octanol–water partition coefficient (Wildman–Crippen LogP) is 2.97. The molecule has 1 N–H and O–H groups in total. The summed E-state index contributed by atoms with van der Waals surface area (Å²) in [5.41, 5.74) is 0.799. The van der Waals surface area contributed by atoms with Crippen LogP contribution in [-0.2, 0) is 16.1 Å². The maximum absolute atomic E-state index is 13.1. The summed E-state index contributed by atoms with van der Waals surface area (Å²) in [4.78, 5) is 38.9. The summed E-state index contributed by atoms with van der Waals surface area (Å²) in [6.45, 7) is 7.07. The molecule has 0 spiro atoms. The van der Waals surface area contributed by atoms with Gasteiger partial charge in [0.05, 0.1) is 18.9 Å². The van der Waals surface area contributed by atoms with Crippen molar-refractivity contribution in [2.24, 2.45) is 0 Å². The minimum Gasteiger partial charge on any atom is -0.494 e. The van der Waals surface area contributed by atoms with Gasteiger partial charge in [0.2, 0.25) is 0 Å². The smallest absolute Gasteiger partial charge is 0.336 e. The van der Waals surface area contributed by atoms with E-state index in [2.05, 4.69) is 5.32 Å². The van der Waals surface area contributed by atoms with Crippen molar-refractivity contribution in [1.82, 2.24) is 9.88 Å². The minimum atomic E-state index is -0.826. The van der Waals surface area contributed by atoms with Crippen LogP contribution >= 0.6 is 0 Å². The number of ether oxygens (including phenoxy) is 2. The lowest BCUT2D eigenvalue weighted by Gasteiger charge is -2.28. The highest BCUT2D eigenvalue weighted by molar-refractivity contribution is 6.39. The molecule has 0 unspecified atom stereocenters. The number of benzene rings is 1. The standard InChI is InChI=1S/C21H23N3O5/c1-4-23-11-7-8-14(23)12-16-19(25)22-21(27)24(20(16)26)17-10-9-15(28-5-2)13-18(17)29-6-3/h7-13H,4-6H2,1-3H3,(H,22,25,27)/b16-12+. The predicted molar refractivity (Wildman–Crippen MR) is 108 cm³/mol. The van der Waals surface area contributed by atoms with Crippen molar-refractivity contribution in [3.8, 4) is 11.5 Å². The number of carbonyl (C=O) groups is 3. The molecule has 0 aliphatic carbocycles. The van der Waals surface area contributed by atoms with Crippen LogP contribution in [0.2, 0.25) is 0 Å². The van der Waals surface area contributed by atoms with Crippen molar-refractivity contribution in [1.29, 1.82) is 0 Å². The van der Waals surface area contributed by atoms with Gasteiger partial charge in [0.25, 0.3) is 11.8 Å². The van der Waals surface area contributed by atoms with Gasteiger partial charge in [-0.25, -0.2) is 9.69 Å². The number of anilines is 1. The van der Waals surface area contributed by atoms with E-state index in [1.807, 2.05) is 30.7 Å². The number of barbiturate groups is 1. The third-order valence-electron chi connectivity index (χ3n) is 4.38. The van der Waals surface area contributed by atoms with Crippen molar-refractivity contribution in [2.75, 3.05) is 18.1 Å². The number of urea groups is 1. The maximum atomic E-state index is 13.1. The fourth-order valence-corrected chi connectivity index (χ4v) is 3.08. The van der Waals surface area contributed by atoms with Crippen molar-refractivity contribution in [3.05, 3.63) is 47.8 Å². The van der Waals surface area contributed by atoms with E-state index in [4.69, 9.17) is 9.47 Å². The highest BCUT2D eigenvalue weighted by atomic mass is 16.5. The first kappa shape index (κ1) is 20.2. The van der Waals surface area contributed by atoms with E-state index in [-0.39, 0.29) is 11.3 Å². The SMILES string of the molecule is CCOc1ccc(N2C(=O)NC(=O)/C(=C\c3cccn3CC)C2=O)c(OCC)c1. The normalized spacial score (nSPS) is 15.6. The Labute approximate surface area is 168 Å². The Bertz CT molecular complexity index is 976. The summed E-state index contributed by atoms with van der Waals surface area (Å²) in [5.74, 6) is -0.582. The van der Waals surface area contributed by atoms with Crippen molar-refractivity contribution in [3.63, 3.8) is 0 Å². The Morgan fingerprint density at radius 2 is 1.79 bits per heavy atom. The topological polar surface area (TPSA) is 89.9 Å². The van der Waals surface area contributed by atoms with Gasteiger partial charge in [-0.1, -0.05) is 0 Å². The van der Waals surface area contributed by atoms with E-state index < -0.39 is 17.8 Å². The molecule has 1 aromatic heterocycles. The van der Waals surface area contributed by atoms with Crippen LogP contribution in [0.4, 0.5) is 10.5 Å². The number of aryl methyl sites for hydroxylation is 1. The molecule has 0 saturated carbocycles. The molecule has 1 fully saturated rings. The summed E-state index contributed by atoms with van der Waals surface area (Å²) in [5, 5.41) is 2.23. The fraction of sp³-hybridized carbons (Fsp3) is 0.286. The molecule has 4 amide bonds. The first-order valence-corrected chi connectivity index (χ1v) is 9.46. The molecule has 8 heteroatoms. The van der Waals surface area contributed by atoms with Gasteiger partial charge < -0.3 is 14.0 Å². The van der Waals surface area contributed by atoms with Crippen molar-refractivity contribution in [2.45, 2.75) is 27.3 Å². The molecule has 0 atom stereocenters. The van der Waals surface area contributed by atoms with Crippen molar-refractivity contribution >= 4 is 29.6 Å². The molecular weight excluding hydrogens is 374 g/mol. The van der Waals surface area contributed by atoms with Gasteiger partial charge in [0.1, 0.15) is 17.1 Å².